The Bertz CT molecular complexity index is 659. The maximum Gasteiger partial charge on any atom is 0.325 e. The van der Waals surface area contributed by atoms with Gasteiger partial charge in [0.1, 0.15) is 17.9 Å². The van der Waals surface area contributed by atoms with E-state index in [4.69, 9.17) is 5.11 Å². The molecule has 0 aromatic carbocycles. The number of carboxylic acid groups (broad SMARTS) is 1. The minimum atomic E-state index is -0.981. The summed E-state index contributed by atoms with van der Waals surface area (Å²) in [6, 6.07) is 0. The summed E-state index contributed by atoms with van der Waals surface area (Å²) in [4.78, 5) is 19.5. The molecule has 1 N–H and O–H groups in total. The molecule has 21 heavy (non-hydrogen) atoms. The lowest BCUT2D eigenvalue weighted by Crippen LogP contribution is -2.11. The Kier molecular flexibility index (Phi) is 4.09. The number of hydrogen-bond acceptors (Lipinski definition) is 7. The van der Waals surface area contributed by atoms with Crippen LogP contribution in [0.2, 0.25) is 0 Å². The van der Waals surface area contributed by atoms with E-state index in [1.165, 1.54) is 22.9 Å². The first-order valence-corrected chi connectivity index (χ1v) is 7.54. The molecule has 9 heteroatoms. The Morgan fingerprint density at radius 2 is 2.14 bits per heavy atom. The van der Waals surface area contributed by atoms with Gasteiger partial charge in [-0.2, -0.15) is 0 Å². The standard InChI is InChI=1S/C12H14N6O2S/c19-10(20)6-18-12(15-16-17-18)21-11-8-4-2-1-3-5-9(8)13-7-14-11/h7H,1-6H2,(H,19,20). The first kappa shape index (κ1) is 13.9. The third kappa shape index (κ3) is 3.18. The predicted octanol–water partition coefficient (Wildman–Crippen LogP) is 0.968. The zero-order valence-electron chi connectivity index (χ0n) is 11.3. The number of aromatic nitrogens is 6. The molecule has 2 aromatic rings. The first-order chi connectivity index (χ1) is 10.2. The van der Waals surface area contributed by atoms with E-state index in [-0.39, 0.29) is 6.54 Å². The average molecular weight is 306 g/mol. The van der Waals surface area contributed by atoms with Crippen LogP contribution >= 0.6 is 11.8 Å². The summed E-state index contributed by atoms with van der Waals surface area (Å²) in [5.74, 6) is -0.981. The number of carbonyl (C=O) groups is 1. The van der Waals surface area contributed by atoms with E-state index in [1.54, 1.807) is 6.33 Å². The van der Waals surface area contributed by atoms with Crippen LogP contribution in [-0.2, 0) is 24.2 Å². The van der Waals surface area contributed by atoms with Gasteiger partial charge in [0.25, 0.3) is 0 Å². The number of tetrazole rings is 1. The Balaban J connectivity index is 1.88. The highest BCUT2D eigenvalue weighted by molar-refractivity contribution is 7.99. The smallest absolute Gasteiger partial charge is 0.325 e. The Morgan fingerprint density at radius 1 is 1.29 bits per heavy atom. The van der Waals surface area contributed by atoms with Crippen LogP contribution in [0.15, 0.2) is 16.5 Å². The highest BCUT2D eigenvalue weighted by Gasteiger charge is 2.18. The van der Waals surface area contributed by atoms with Crippen LogP contribution in [0.25, 0.3) is 0 Å². The minimum absolute atomic E-state index is 0.261. The second-order valence-electron chi connectivity index (χ2n) is 4.78. The van der Waals surface area contributed by atoms with E-state index in [1.807, 2.05) is 0 Å². The lowest BCUT2D eigenvalue weighted by molar-refractivity contribution is -0.138. The van der Waals surface area contributed by atoms with Crippen molar-refractivity contribution in [3.8, 4) is 0 Å². The van der Waals surface area contributed by atoms with Crippen molar-refractivity contribution in [1.82, 2.24) is 30.2 Å². The van der Waals surface area contributed by atoms with Gasteiger partial charge in [-0.3, -0.25) is 4.79 Å². The van der Waals surface area contributed by atoms with Gasteiger partial charge in [-0.05, 0) is 47.9 Å². The molecule has 0 aliphatic heterocycles. The van der Waals surface area contributed by atoms with Crippen molar-refractivity contribution >= 4 is 17.7 Å². The molecule has 0 atom stereocenters. The Labute approximate surface area is 125 Å². The predicted molar refractivity (Wildman–Crippen MR) is 72.9 cm³/mol. The van der Waals surface area contributed by atoms with Gasteiger partial charge in [-0.25, -0.2) is 14.6 Å². The monoisotopic (exact) mass is 306 g/mol. The van der Waals surface area contributed by atoms with Crippen LogP contribution in [0, 0.1) is 0 Å². The fourth-order valence-electron chi connectivity index (χ4n) is 2.34. The molecular weight excluding hydrogens is 292 g/mol. The second kappa shape index (κ2) is 6.17. The largest absolute Gasteiger partial charge is 0.480 e. The molecule has 3 rings (SSSR count). The molecule has 0 fully saturated rings. The van der Waals surface area contributed by atoms with Crippen molar-refractivity contribution in [2.45, 2.75) is 48.8 Å². The van der Waals surface area contributed by atoms with E-state index >= 15 is 0 Å². The number of nitrogens with zero attached hydrogens (tertiary/aromatic N) is 6. The van der Waals surface area contributed by atoms with Crippen LogP contribution < -0.4 is 0 Å². The summed E-state index contributed by atoms with van der Waals surface area (Å²) in [5.41, 5.74) is 2.23. The molecule has 8 nitrogen and oxygen atoms in total. The van der Waals surface area contributed by atoms with Gasteiger partial charge in [-0.1, -0.05) is 6.42 Å². The molecule has 0 saturated heterocycles. The molecule has 110 valence electrons. The fourth-order valence-corrected chi connectivity index (χ4v) is 3.24. The van der Waals surface area contributed by atoms with Crippen LogP contribution in [-0.4, -0.2) is 41.3 Å². The van der Waals surface area contributed by atoms with Crippen molar-refractivity contribution < 1.29 is 9.90 Å². The maximum absolute atomic E-state index is 10.8. The van der Waals surface area contributed by atoms with Crippen LogP contribution in [0.1, 0.15) is 30.5 Å². The average Bonchev–Trinajstić information content (AvgIpc) is 2.74. The lowest BCUT2D eigenvalue weighted by Gasteiger charge is -2.09. The molecule has 0 spiro atoms. The molecule has 1 aliphatic carbocycles. The molecule has 0 saturated carbocycles. The second-order valence-corrected chi connectivity index (χ2v) is 5.74. The molecule has 2 aromatic heterocycles. The van der Waals surface area contributed by atoms with Crippen molar-refractivity contribution in [1.29, 1.82) is 0 Å². The van der Waals surface area contributed by atoms with Gasteiger partial charge >= 0.3 is 5.97 Å². The fraction of sp³-hybridized carbons (Fsp3) is 0.500. The summed E-state index contributed by atoms with van der Waals surface area (Å²) >= 11 is 1.30. The number of aryl methyl sites for hydroxylation is 1. The van der Waals surface area contributed by atoms with Crippen molar-refractivity contribution in [3.05, 3.63) is 17.6 Å². The highest BCUT2D eigenvalue weighted by atomic mass is 32.2. The number of aliphatic carboxylic acids is 1. The topological polar surface area (TPSA) is 107 Å². The van der Waals surface area contributed by atoms with Gasteiger partial charge in [-0.15, -0.1) is 5.10 Å². The first-order valence-electron chi connectivity index (χ1n) is 6.72. The quantitative estimate of drug-likeness (QED) is 0.657. The van der Waals surface area contributed by atoms with Gasteiger partial charge in [0.2, 0.25) is 5.16 Å². The molecular formula is C12H14N6O2S. The number of carboxylic acids is 1. The van der Waals surface area contributed by atoms with Crippen LogP contribution in [0.4, 0.5) is 0 Å². The highest BCUT2D eigenvalue weighted by Crippen LogP contribution is 2.30. The molecule has 0 unspecified atom stereocenters. The third-order valence-electron chi connectivity index (χ3n) is 3.31. The maximum atomic E-state index is 10.8. The van der Waals surface area contributed by atoms with Crippen molar-refractivity contribution in [2.24, 2.45) is 0 Å². The lowest BCUT2D eigenvalue weighted by atomic mass is 10.1. The summed E-state index contributed by atoms with van der Waals surface area (Å²) in [6.07, 6.45) is 6.92. The van der Waals surface area contributed by atoms with Gasteiger partial charge in [0.15, 0.2) is 0 Å². The van der Waals surface area contributed by atoms with E-state index < -0.39 is 5.97 Å². The van der Waals surface area contributed by atoms with E-state index in [9.17, 15) is 4.79 Å². The number of rotatable bonds is 4. The molecule has 0 amide bonds. The SMILES string of the molecule is O=C(O)Cn1nnnc1Sc1ncnc2c1CCCCC2. The van der Waals surface area contributed by atoms with E-state index in [2.05, 4.69) is 25.5 Å². The summed E-state index contributed by atoms with van der Waals surface area (Å²) in [6.45, 7) is -0.261. The summed E-state index contributed by atoms with van der Waals surface area (Å²) in [7, 11) is 0. The van der Waals surface area contributed by atoms with Crippen molar-refractivity contribution in [2.75, 3.05) is 0 Å². The molecule has 0 bridgehead atoms. The van der Waals surface area contributed by atoms with E-state index in [0.29, 0.717) is 5.16 Å². The van der Waals surface area contributed by atoms with Gasteiger partial charge in [0, 0.05) is 11.3 Å². The Hall–Kier alpha value is -2.03. The zero-order valence-corrected chi connectivity index (χ0v) is 12.1. The van der Waals surface area contributed by atoms with Gasteiger partial charge in [0.05, 0.1) is 0 Å². The summed E-state index contributed by atoms with van der Waals surface area (Å²) < 4.78 is 1.26. The minimum Gasteiger partial charge on any atom is -0.480 e. The van der Waals surface area contributed by atoms with Crippen molar-refractivity contribution in [3.63, 3.8) is 0 Å². The molecule has 0 radical (unpaired) electrons. The van der Waals surface area contributed by atoms with E-state index in [0.717, 1.165) is 42.0 Å². The molecule has 1 aliphatic rings. The summed E-state index contributed by atoms with van der Waals surface area (Å²) in [5, 5.41) is 21.2. The number of hydrogen-bond donors (Lipinski definition) is 1. The van der Waals surface area contributed by atoms with Crippen LogP contribution in [0.3, 0.4) is 0 Å². The normalized spacial score (nSPS) is 14.5. The van der Waals surface area contributed by atoms with Crippen LogP contribution in [0.5, 0.6) is 0 Å². The Morgan fingerprint density at radius 3 is 3.00 bits per heavy atom. The molecule has 2 heterocycles. The zero-order chi connectivity index (χ0) is 14.7. The third-order valence-corrected chi connectivity index (χ3v) is 4.33. The number of fused-ring (bicyclic) bond motifs is 1. The van der Waals surface area contributed by atoms with Gasteiger partial charge < -0.3 is 5.11 Å².